The first-order valence-corrected chi connectivity index (χ1v) is 7.19. The van der Waals surface area contributed by atoms with Gasteiger partial charge in [-0.1, -0.05) is 0 Å². The Hall–Kier alpha value is -1.35. The third-order valence-electron chi connectivity index (χ3n) is 3.81. The molecule has 0 spiro atoms. The minimum atomic E-state index is 0.708. The van der Waals surface area contributed by atoms with Gasteiger partial charge in [0.1, 0.15) is 12.0 Å². The van der Waals surface area contributed by atoms with Gasteiger partial charge in [0.2, 0.25) is 0 Å². The highest BCUT2D eigenvalue weighted by molar-refractivity contribution is 5.75. The maximum Gasteiger partial charge on any atom is 0.150 e. The summed E-state index contributed by atoms with van der Waals surface area (Å²) in [5.41, 5.74) is 1.74. The van der Waals surface area contributed by atoms with Crippen molar-refractivity contribution in [1.82, 2.24) is 5.32 Å². The molecule has 1 N–H and O–H groups in total. The molecule has 1 aliphatic heterocycles. The quantitative estimate of drug-likeness (QED) is 0.632. The lowest BCUT2D eigenvalue weighted by Gasteiger charge is -2.22. The van der Waals surface area contributed by atoms with E-state index in [9.17, 15) is 4.79 Å². The fourth-order valence-electron chi connectivity index (χ4n) is 2.63. The minimum absolute atomic E-state index is 0.708. The van der Waals surface area contributed by atoms with Gasteiger partial charge in [-0.15, -0.1) is 0 Å². The van der Waals surface area contributed by atoms with Gasteiger partial charge in [0.05, 0.1) is 6.61 Å². The van der Waals surface area contributed by atoms with Crippen LogP contribution < -0.4 is 10.1 Å². The number of aryl methyl sites for hydroxylation is 1. The molecule has 1 aromatic rings. The predicted octanol–water partition coefficient (Wildman–Crippen LogP) is 2.97. The molecule has 0 radical (unpaired) electrons. The van der Waals surface area contributed by atoms with Crippen molar-refractivity contribution in [2.45, 2.75) is 32.6 Å². The van der Waals surface area contributed by atoms with Crippen LogP contribution in [0.1, 0.15) is 41.6 Å². The van der Waals surface area contributed by atoms with E-state index >= 15 is 0 Å². The van der Waals surface area contributed by atoms with Crippen molar-refractivity contribution >= 4 is 6.29 Å². The van der Waals surface area contributed by atoms with E-state index < -0.39 is 0 Å². The molecule has 0 bridgehead atoms. The normalized spacial score (nSPS) is 16.3. The number of benzene rings is 1. The van der Waals surface area contributed by atoms with Gasteiger partial charge in [0.15, 0.2) is 0 Å². The smallest absolute Gasteiger partial charge is 0.150 e. The number of aldehydes is 1. The van der Waals surface area contributed by atoms with E-state index in [0.29, 0.717) is 5.56 Å². The van der Waals surface area contributed by atoms with Crippen molar-refractivity contribution in [2.75, 3.05) is 19.7 Å². The van der Waals surface area contributed by atoms with Gasteiger partial charge in [0, 0.05) is 5.56 Å². The van der Waals surface area contributed by atoms with Crippen LogP contribution in [0.2, 0.25) is 0 Å². The highest BCUT2D eigenvalue weighted by Gasteiger charge is 2.12. The van der Waals surface area contributed by atoms with Gasteiger partial charge >= 0.3 is 0 Å². The summed E-state index contributed by atoms with van der Waals surface area (Å²) in [5, 5.41) is 3.39. The molecule has 1 fully saturated rings. The lowest BCUT2D eigenvalue weighted by molar-refractivity contribution is 0.112. The Morgan fingerprint density at radius 2 is 2.16 bits per heavy atom. The number of ether oxygens (including phenoxy) is 1. The van der Waals surface area contributed by atoms with Gasteiger partial charge in [-0.3, -0.25) is 4.79 Å². The molecule has 2 rings (SSSR count). The molecule has 1 aromatic carbocycles. The molecule has 3 nitrogen and oxygen atoms in total. The second-order valence-corrected chi connectivity index (χ2v) is 5.33. The maximum absolute atomic E-state index is 10.7. The van der Waals surface area contributed by atoms with Gasteiger partial charge in [-0.25, -0.2) is 0 Å². The van der Waals surface area contributed by atoms with Crippen LogP contribution >= 0.6 is 0 Å². The molecule has 0 aliphatic carbocycles. The van der Waals surface area contributed by atoms with Crippen molar-refractivity contribution < 1.29 is 9.53 Å². The molecular weight excluding hydrogens is 238 g/mol. The summed E-state index contributed by atoms with van der Waals surface area (Å²) in [7, 11) is 0. The monoisotopic (exact) mass is 261 g/mol. The Morgan fingerprint density at radius 1 is 1.37 bits per heavy atom. The summed E-state index contributed by atoms with van der Waals surface area (Å²) in [6.07, 6.45) is 5.83. The van der Waals surface area contributed by atoms with Gasteiger partial charge < -0.3 is 10.1 Å². The molecule has 0 unspecified atom stereocenters. The zero-order valence-corrected chi connectivity index (χ0v) is 11.7. The molecule has 0 saturated carbocycles. The summed E-state index contributed by atoms with van der Waals surface area (Å²) in [6, 6.07) is 5.57. The van der Waals surface area contributed by atoms with E-state index in [1.807, 2.05) is 25.1 Å². The van der Waals surface area contributed by atoms with Crippen molar-refractivity contribution in [2.24, 2.45) is 5.92 Å². The lowest BCUT2D eigenvalue weighted by atomic mass is 9.93. The van der Waals surface area contributed by atoms with Crippen LogP contribution in [0.5, 0.6) is 5.75 Å². The predicted molar refractivity (Wildman–Crippen MR) is 76.9 cm³/mol. The molecule has 1 heterocycles. The maximum atomic E-state index is 10.7. The number of carbonyl (C=O) groups excluding carboxylic acids is 1. The molecule has 19 heavy (non-hydrogen) atoms. The Morgan fingerprint density at radius 3 is 2.84 bits per heavy atom. The van der Waals surface area contributed by atoms with Gasteiger partial charge in [-0.05, 0) is 75.4 Å². The molecule has 1 aliphatic rings. The van der Waals surface area contributed by atoms with Crippen LogP contribution in [0.3, 0.4) is 0 Å². The Kier molecular flexibility index (Phi) is 5.40. The minimum Gasteiger partial charge on any atom is -0.493 e. The van der Waals surface area contributed by atoms with Crippen LogP contribution in [-0.4, -0.2) is 26.0 Å². The van der Waals surface area contributed by atoms with E-state index in [1.54, 1.807) is 0 Å². The van der Waals surface area contributed by atoms with E-state index in [-0.39, 0.29) is 0 Å². The average Bonchev–Trinajstić information content (AvgIpc) is 2.46. The topological polar surface area (TPSA) is 38.3 Å². The highest BCUT2D eigenvalue weighted by Crippen LogP contribution is 2.21. The first-order valence-electron chi connectivity index (χ1n) is 7.19. The number of piperidine rings is 1. The molecular formula is C16H23NO2. The molecule has 0 amide bonds. The van der Waals surface area contributed by atoms with E-state index in [1.165, 1.54) is 19.3 Å². The fraction of sp³-hybridized carbons (Fsp3) is 0.562. The SMILES string of the molecule is Cc1cc(C=O)ccc1OCCCC1CCNCC1. The van der Waals surface area contributed by atoms with Gasteiger partial charge in [0.25, 0.3) is 0 Å². The lowest BCUT2D eigenvalue weighted by Crippen LogP contribution is -2.27. The summed E-state index contributed by atoms with van der Waals surface area (Å²) in [6.45, 7) is 5.08. The molecule has 104 valence electrons. The zero-order chi connectivity index (χ0) is 13.5. The molecule has 1 saturated heterocycles. The van der Waals surface area contributed by atoms with Crippen molar-refractivity contribution in [3.8, 4) is 5.75 Å². The van der Waals surface area contributed by atoms with E-state index in [4.69, 9.17) is 4.74 Å². The number of carbonyl (C=O) groups is 1. The van der Waals surface area contributed by atoms with Crippen molar-refractivity contribution in [3.05, 3.63) is 29.3 Å². The van der Waals surface area contributed by atoms with Crippen LogP contribution in [0.25, 0.3) is 0 Å². The van der Waals surface area contributed by atoms with E-state index in [0.717, 1.165) is 49.6 Å². The van der Waals surface area contributed by atoms with Crippen LogP contribution in [0, 0.1) is 12.8 Å². The molecule has 3 heteroatoms. The number of nitrogens with one attached hydrogen (secondary N) is 1. The average molecular weight is 261 g/mol. The first-order chi connectivity index (χ1) is 9.29. The molecule has 0 aromatic heterocycles. The van der Waals surface area contributed by atoms with Crippen LogP contribution in [0.15, 0.2) is 18.2 Å². The third kappa shape index (κ3) is 4.35. The largest absolute Gasteiger partial charge is 0.493 e. The highest BCUT2D eigenvalue weighted by atomic mass is 16.5. The number of rotatable bonds is 6. The zero-order valence-electron chi connectivity index (χ0n) is 11.7. The van der Waals surface area contributed by atoms with Crippen molar-refractivity contribution in [1.29, 1.82) is 0 Å². The van der Waals surface area contributed by atoms with Crippen molar-refractivity contribution in [3.63, 3.8) is 0 Å². The van der Waals surface area contributed by atoms with Crippen LogP contribution in [-0.2, 0) is 0 Å². The summed E-state index contributed by atoms with van der Waals surface area (Å²) in [5.74, 6) is 1.76. The third-order valence-corrected chi connectivity index (χ3v) is 3.81. The Bertz CT molecular complexity index is 411. The standard InChI is InChI=1S/C16H23NO2/c1-13-11-15(12-18)4-5-16(13)19-10-2-3-14-6-8-17-9-7-14/h4-5,11-12,14,17H,2-3,6-10H2,1H3. The molecule has 0 atom stereocenters. The Labute approximate surface area is 115 Å². The number of hydrogen-bond donors (Lipinski definition) is 1. The first kappa shape index (κ1) is 14.1. The second-order valence-electron chi connectivity index (χ2n) is 5.33. The summed E-state index contributed by atoms with van der Waals surface area (Å²) in [4.78, 5) is 10.7. The number of hydrogen-bond acceptors (Lipinski definition) is 3. The fourth-order valence-corrected chi connectivity index (χ4v) is 2.63. The van der Waals surface area contributed by atoms with Gasteiger partial charge in [-0.2, -0.15) is 0 Å². The summed E-state index contributed by atoms with van der Waals surface area (Å²) >= 11 is 0. The summed E-state index contributed by atoms with van der Waals surface area (Å²) < 4.78 is 5.80. The van der Waals surface area contributed by atoms with Crippen LogP contribution in [0.4, 0.5) is 0 Å². The second kappa shape index (κ2) is 7.29. The Balaban J connectivity index is 1.71. The van der Waals surface area contributed by atoms with E-state index in [2.05, 4.69) is 5.32 Å².